The molecule has 1 fully saturated rings. The van der Waals surface area contributed by atoms with Crippen LogP contribution in [0.3, 0.4) is 0 Å². The fraction of sp³-hybridized carbons (Fsp3) is 0.526. The van der Waals surface area contributed by atoms with Crippen LogP contribution in [0.25, 0.3) is 10.9 Å². The molecule has 6 heteroatoms. The van der Waals surface area contributed by atoms with Gasteiger partial charge in [0.2, 0.25) is 0 Å². The first-order valence-electron chi connectivity index (χ1n) is 9.12. The summed E-state index contributed by atoms with van der Waals surface area (Å²) in [6, 6.07) is 4.86. The Morgan fingerprint density at radius 1 is 1.40 bits per heavy atom. The van der Waals surface area contributed by atoms with Crippen molar-refractivity contribution >= 4 is 16.9 Å². The second-order valence-corrected chi connectivity index (χ2v) is 6.82. The molecule has 25 heavy (non-hydrogen) atoms. The third-order valence-electron chi connectivity index (χ3n) is 4.76. The Morgan fingerprint density at radius 2 is 2.28 bits per heavy atom. The molecule has 1 atom stereocenters. The number of rotatable bonds is 6. The van der Waals surface area contributed by atoms with E-state index >= 15 is 0 Å². The Hall–Kier alpha value is -2.08. The van der Waals surface area contributed by atoms with Gasteiger partial charge in [-0.25, -0.2) is 4.39 Å². The Kier molecular flexibility index (Phi) is 5.91. The third-order valence-corrected chi connectivity index (χ3v) is 4.76. The number of nitrogens with zero attached hydrogens (tertiary/aromatic N) is 2. The van der Waals surface area contributed by atoms with E-state index in [1.54, 1.807) is 12.1 Å². The van der Waals surface area contributed by atoms with Crippen molar-refractivity contribution in [2.45, 2.75) is 19.8 Å². The van der Waals surface area contributed by atoms with Gasteiger partial charge in [0.25, 0.3) is 0 Å². The first-order valence-corrected chi connectivity index (χ1v) is 9.12. The highest BCUT2D eigenvalue weighted by Crippen LogP contribution is 2.19. The molecule has 2 aromatic rings. The van der Waals surface area contributed by atoms with Crippen LogP contribution in [0.4, 0.5) is 4.39 Å². The van der Waals surface area contributed by atoms with E-state index in [0.29, 0.717) is 5.92 Å². The second-order valence-electron chi connectivity index (χ2n) is 6.82. The molecule has 3 N–H and O–H groups in total. The lowest BCUT2D eigenvalue weighted by Crippen LogP contribution is -2.38. The minimum absolute atomic E-state index is 0.197. The van der Waals surface area contributed by atoms with E-state index in [2.05, 4.69) is 34.5 Å². The summed E-state index contributed by atoms with van der Waals surface area (Å²) in [5.74, 6) is 1.32. The number of H-pyrrole nitrogens is 1. The zero-order valence-corrected chi connectivity index (χ0v) is 15.1. The van der Waals surface area contributed by atoms with Crippen molar-refractivity contribution in [1.29, 1.82) is 0 Å². The van der Waals surface area contributed by atoms with Crippen LogP contribution < -0.4 is 10.6 Å². The Labute approximate surface area is 148 Å². The molecule has 2 heterocycles. The summed E-state index contributed by atoms with van der Waals surface area (Å²) in [7, 11) is 2.16. The number of nitrogens with one attached hydrogen (secondary N) is 3. The minimum Gasteiger partial charge on any atom is -0.361 e. The van der Waals surface area contributed by atoms with E-state index in [0.717, 1.165) is 55.0 Å². The van der Waals surface area contributed by atoms with Gasteiger partial charge in [0.15, 0.2) is 5.96 Å². The van der Waals surface area contributed by atoms with Gasteiger partial charge in [-0.1, -0.05) is 0 Å². The number of likely N-dealkylation sites (tertiary alicyclic amines) is 1. The van der Waals surface area contributed by atoms with Crippen molar-refractivity contribution < 1.29 is 4.39 Å². The molecule has 1 saturated heterocycles. The van der Waals surface area contributed by atoms with E-state index in [4.69, 9.17) is 4.99 Å². The van der Waals surface area contributed by atoms with Gasteiger partial charge in [-0.15, -0.1) is 0 Å². The maximum atomic E-state index is 13.5. The maximum absolute atomic E-state index is 13.5. The number of aromatic amines is 1. The van der Waals surface area contributed by atoms with Gasteiger partial charge in [0.1, 0.15) is 5.82 Å². The molecule has 3 rings (SSSR count). The molecule has 0 saturated carbocycles. The zero-order valence-electron chi connectivity index (χ0n) is 15.1. The van der Waals surface area contributed by atoms with E-state index in [1.807, 2.05) is 6.20 Å². The first kappa shape index (κ1) is 17.7. The highest BCUT2D eigenvalue weighted by molar-refractivity contribution is 5.83. The number of fused-ring (bicyclic) bond motifs is 1. The third kappa shape index (κ3) is 4.72. The zero-order chi connectivity index (χ0) is 17.6. The van der Waals surface area contributed by atoms with Crippen LogP contribution in [0.5, 0.6) is 0 Å². The van der Waals surface area contributed by atoms with Crippen molar-refractivity contribution in [2.24, 2.45) is 10.9 Å². The largest absolute Gasteiger partial charge is 0.361 e. The summed E-state index contributed by atoms with van der Waals surface area (Å²) in [6.07, 6.45) is 4.00. The van der Waals surface area contributed by atoms with Gasteiger partial charge in [-0.3, -0.25) is 4.99 Å². The van der Waals surface area contributed by atoms with Crippen LogP contribution in [0, 0.1) is 11.7 Å². The normalized spacial score (nSPS) is 18.8. The molecule has 1 aliphatic heterocycles. The summed E-state index contributed by atoms with van der Waals surface area (Å²) < 4.78 is 13.5. The number of aromatic nitrogens is 1. The number of halogens is 1. The molecule has 0 bridgehead atoms. The lowest BCUT2D eigenvalue weighted by Gasteiger charge is -2.13. The van der Waals surface area contributed by atoms with Gasteiger partial charge >= 0.3 is 0 Å². The number of benzene rings is 1. The molecular weight excluding hydrogens is 317 g/mol. The lowest BCUT2D eigenvalue weighted by molar-refractivity contribution is 0.397. The average molecular weight is 345 g/mol. The fourth-order valence-electron chi connectivity index (χ4n) is 3.41. The molecule has 0 radical (unpaired) electrons. The smallest absolute Gasteiger partial charge is 0.191 e. The molecule has 1 unspecified atom stereocenters. The van der Waals surface area contributed by atoms with Crippen LogP contribution in [0.2, 0.25) is 0 Å². The van der Waals surface area contributed by atoms with Crippen molar-refractivity contribution in [3.63, 3.8) is 0 Å². The van der Waals surface area contributed by atoms with Gasteiger partial charge in [-0.05, 0) is 63.0 Å². The minimum atomic E-state index is -0.197. The van der Waals surface area contributed by atoms with Crippen molar-refractivity contribution in [3.05, 3.63) is 35.8 Å². The molecule has 0 spiro atoms. The summed E-state index contributed by atoms with van der Waals surface area (Å²) >= 11 is 0. The summed E-state index contributed by atoms with van der Waals surface area (Å²) in [5, 5.41) is 7.65. The Bertz CT molecular complexity index is 724. The van der Waals surface area contributed by atoms with Gasteiger partial charge in [-0.2, -0.15) is 0 Å². The molecule has 5 nitrogen and oxygen atoms in total. The SMILES string of the molecule is CCNC(=NCC1CCN(C)C1)NCCc1c[nH]c2ccc(F)cc12. The predicted molar refractivity (Wildman–Crippen MR) is 102 cm³/mol. The predicted octanol–water partition coefficient (Wildman–Crippen LogP) is 2.36. The molecule has 1 aromatic carbocycles. The quantitative estimate of drug-likeness (QED) is 0.556. The van der Waals surface area contributed by atoms with Crippen molar-refractivity contribution in [3.8, 4) is 0 Å². The topological polar surface area (TPSA) is 55.5 Å². The number of hydrogen-bond donors (Lipinski definition) is 3. The van der Waals surface area contributed by atoms with Crippen LogP contribution >= 0.6 is 0 Å². The molecule has 0 aliphatic carbocycles. The Balaban J connectivity index is 1.54. The lowest BCUT2D eigenvalue weighted by atomic mass is 10.1. The highest BCUT2D eigenvalue weighted by atomic mass is 19.1. The molecule has 1 aliphatic rings. The van der Waals surface area contributed by atoms with Gasteiger partial charge in [0.05, 0.1) is 0 Å². The van der Waals surface area contributed by atoms with E-state index in [9.17, 15) is 4.39 Å². The average Bonchev–Trinajstić information content (AvgIpc) is 3.19. The van der Waals surface area contributed by atoms with E-state index < -0.39 is 0 Å². The van der Waals surface area contributed by atoms with Crippen LogP contribution in [0.1, 0.15) is 18.9 Å². The monoisotopic (exact) mass is 345 g/mol. The van der Waals surface area contributed by atoms with Crippen LogP contribution in [0.15, 0.2) is 29.4 Å². The van der Waals surface area contributed by atoms with E-state index in [1.165, 1.54) is 19.0 Å². The number of guanidine groups is 1. The van der Waals surface area contributed by atoms with E-state index in [-0.39, 0.29) is 5.82 Å². The summed E-state index contributed by atoms with van der Waals surface area (Å²) in [5.41, 5.74) is 2.09. The standard InChI is InChI=1S/C19H28FN5/c1-3-21-19(24-11-14-7-9-25(2)13-14)22-8-6-15-12-23-18-5-4-16(20)10-17(15)18/h4-5,10,12,14,23H,3,6-9,11,13H2,1-2H3,(H2,21,22,24). The summed E-state index contributed by atoms with van der Waals surface area (Å²) in [4.78, 5) is 10.3. The highest BCUT2D eigenvalue weighted by Gasteiger charge is 2.18. The molecular formula is C19H28FN5. The Morgan fingerprint density at radius 3 is 3.04 bits per heavy atom. The fourth-order valence-corrected chi connectivity index (χ4v) is 3.41. The van der Waals surface area contributed by atoms with Gasteiger partial charge < -0.3 is 20.5 Å². The molecule has 136 valence electrons. The maximum Gasteiger partial charge on any atom is 0.191 e. The molecule has 0 amide bonds. The number of aliphatic imine (C=N–C) groups is 1. The van der Waals surface area contributed by atoms with Crippen molar-refractivity contribution in [2.75, 3.05) is 39.8 Å². The van der Waals surface area contributed by atoms with Gasteiger partial charge in [0, 0.05) is 43.3 Å². The second kappa shape index (κ2) is 8.34. The van der Waals surface area contributed by atoms with Crippen LogP contribution in [-0.4, -0.2) is 55.6 Å². The first-order chi connectivity index (χ1) is 12.2. The summed E-state index contributed by atoms with van der Waals surface area (Å²) in [6.45, 7) is 6.83. The van der Waals surface area contributed by atoms with Crippen molar-refractivity contribution in [1.82, 2.24) is 20.5 Å². The van der Waals surface area contributed by atoms with Crippen LogP contribution in [-0.2, 0) is 6.42 Å². The number of hydrogen-bond acceptors (Lipinski definition) is 2. The molecule has 1 aromatic heterocycles.